The zero-order valence-corrected chi connectivity index (χ0v) is 11.0. The maximum atomic E-state index is 7.90. The molecule has 1 aromatic carbocycles. The number of aliphatic imine (C=N–C) groups is 1. The van der Waals surface area contributed by atoms with Gasteiger partial charge in [0.05, 0.1) is 0 Å². The van der Waals surface area contributed by atoms with Crippen molar-refractivity contribution in [3.63, 3.8) is 0 Å². The molecule has 0 bridgehead atoms. The normalized spacial score (nSPS) is 12.4. The van der Waals surface area contributed by atoms with E-state index in [-0.39, 0.29) is 5.41 Å². The second-order valence-electron chi connectivity index (χ2n) is 5.26. The third-order valence-corrected chi connectivity index (χ3v) is 2.23. The number of amidine groups is 2. The smallest absolute Gasteiger partial charge is 0.135 e. The molecule has 0 saturated carbocycles. The van der Waals surface area contributed by atoms with E-state index in [2.05, 4.69) is 31.1 Å². The van der Waals surface area contributed by atoms with Crippen molar-refractivity contribution in [2.45, 2.75) is 27.2 Å². The second-order valence-corrected chi connectivity index (χ2v) is 5.26. The van der Waals surface area contributed by atoms with E-state index in [0.29, 0.717) is 12.3 Å². The van der Waals surface area contributed by atoms with E-state index in [4.69, 9.17) is 5.41 Å². The molecule has 0 fully saturated rings. The third-order valence-electron chi connectivity index (χ3n) is 2.23. The van der Waals surface area contributed by atoms with Gasteiger partial charge in [0.15, 0.2) is 0 Å². The quantitative estimate of drug-likeness (QED) is 0.596. The highest BCUT2D eigenvalue weighted by Crippen LogP contribution is 2.19. The van der Waals surface area contributed by atoms with Crippen LogP contribution in [0.5, 0.6) is 0 Å². The summed E-state index contributed by atoms with van der Waals surface area (Å²) in [6.45, 7) is 6.33. The molecule has 0 aromatic heterocycles. The van der Waals surface area contributed by atoms with E-state index in [1.807, 2.05) is 37.4 Å². The number of nitrogens with one attached hydrogen (secondary N) is 2. The van der Waals surface area contributed by atoms with Crippen molar-refractivity contribution < 1.29 is 0 Å². The molecule has 0 radical (unpaired) electrons. The van der Waals surface area contributed by atoms with Gasteiger partial charge in [-0.25, -0.2) is 4.99 Å². The molecule has 0 unspecified atom stereocenters. The van der Waals surface area contributed by atoms with E-state index < -0.39 is 0 Å². The topological polar surface area (TPSA) is 48.2 Å². The zero-order valence-electron chi connectivity index (χ0n) is 11.0. The molecule has 92 valence electrons. The van der Waals surface area contributed by atoms with Crippen LogP contribution in [0.1, 0.15) is 32.8 Å². The summed E-state index contributed by atoms with van der Waals surface area (Å²) < 4.78 is 0. The summed E-state index contributed by atoms with van der Waals surface area (Å²) in [4.78, 5) is 4.34. The molecule has 1 aromatic rings. The van der Waals surface area contributed by atoms with Gasteiger partial charge in [0.25, 0.3) is 0 Å². The largest absolute Gasteiger partial charge is 0.373 e. The van der Waals surface area contributed by atoms with Crippen LogP contribution in [0.25, 0.3) is 0 Å². The minimum atomic E-state index is 0.0934. The van der Waals surface area contributed by atoms with Crippen molar-refractivity contribution in [3.8, 4) is 0 Å². The average Bonchev–Trinajstić information content (AvgIpc) is 2.24. The lowest BCUT2D eigenvalue weighted by molar-refractivity contribution is 0.432. The van der Waals surface area contributed by atoms with Crippen LogP contribution >= 0.6 is 0 Å². The Hall–Kier alpha value is -1.64. The first-order valence-electron chi connectivity index (χ1n) is 5.82. The van der Waals surface area contributed by atoms with Crippen LogP contribution in [0.4, 0.5) is 0 Å². The number of rotatable bonds is 2. The van der Waals surface area contributed by atoms with Crippen molar-refractivity contribution in [3.05, 3.63) is 35.9 Å². The maximum absolute atomic E-state index is 7.90. The third kappa shape index (κ3) is 4.81. The molecule has 0 amide bonds. The minimum Gasteiger partial charge on any atom is -0.373 e. The summed E-state index contributed by atoms with van der Waals surface area (Å²) in [5, 5.41) is 10.9. The Bertz CT molecular complexity index is 399. The Balaban J connectivity index is 2.85. The zero-order chi connectivity index (χ0) is 12.9. The van der Waals surface area contributed by atoms with E-state index in [0.717, 1.165) is 11.4 Å². The van der Waals surface area contributed by atoms with Crippen molar-refractivity contribution in [2.24, 2.45) is 10.4 Å². The lowest BCUT2D eigenvalue weighted by Gasteiger charge is -2.17. The molecule has 0 heterocycles. The second kappa shape index (κ2) is 5.62. The van der Waals surface area contributed by atoms with Gasteiger partial charge in [-0.2, -0.15) is 0 Å². The number of hydrogen-bond donors (Lipinski definition) is 2. The molecule has 0 spiro atoms. The van der Waals surface area contributed by atoms with Gasteiger partial charge in [-0.05, 0) is 5.41 Å². The summed E-state index contributed by atoms with van der Waals surface area (Å²) >= 11 is 0. The highest BCUT2D eigenvalue weighted by Gasteiger charge is 2.13. The van der Waals surface area contributed by atoms with Gasteiger partial charge >= 0.3 is 0 Å². The maximum Gasteiger partial charge on any atom is 0.135 e. The van der Waals surface area contributed by atoms with Crippen LogP contribution in [0, 0.1) is 10.8 Å². The van der Waals surface area contributed by atoms with Gasteiger partial charge in [-0.3, -0.25) is 5.41 Å². The predicted octanol–water partition coefficient (Wildman–Crippen LogP) is 3.07. The monoisotopic (exact) mass is 231 g/mol. The first-order chi connectivity index (χ1) is 7.92. The van der Waals surface area contributed by atoms with Gasteiger partial charge < -0.3 is 5.32 Å². The van der Waals surface area contributed by atoms with Gasteiger partial charge in [0.1, 0.15) is 11.7 Å². The molecular formula is C14H21N3. The van der Waals surface area contributed by atoms with E-state index >= 15 is 0 Å². The Labute approximate surface area is 103 Å². The molecule has 3 heteroatoms. The highest BCUT2D eigenvalue weighted by atomic mass is 15.0. The summed E-state index contributed by atoms with van der Waals surface area (Å²) in [6, 6.07) is 9.88. The van der Waals surface area contributed by atoms with E-state index in [1.165, 1.54) is 0 Å². The molecule has 17 heavy (non-hydrogen) atoms. The van der Waals surface area contributed by atoms with E-state index in [9.17, 15) is 0 Å². The fourth-order valence-electron chi connectivity index (χ4n) is 1.54. The number of nitrogens with zero attached hydrogens (tertiary/aromatic N) is 1. The Kier molecular flexibility index (Phi) is 4.44. The molecule has 1 rings (SSSR count). The van der Waals surface area contributed by atoms with Crippen LogP contribution in [0.3, 0.4) is 0 Å². The summed E-state index contributed by atoms with van der Waals surface area (Å²) in [6.07, 6.45) is 0.672. The highest BCUT2D eigenvalue weighted by molar-refractivity contribution is 6.05. The van der Waals surface area contributed by atoms with Gasteiger partial charge in [-0.15, -0.1) is 0 Å². The van der Waals surface area contributed by atoms with E-state index in [1.54, 1.807) is 0 Å². The lowest BCUT2D eigenvalue weighted by atomic mass is 9.92. The molecule has 0 aliphatic heterocycles. The average molecular weight is 231 g/mol. The summed E-state index contributed by atoms with van der Waals surface area (Å²) in [7, 11) is 1.83. The van der Waals surface area contributed by atoms with Crippen LogP contribution in [0.15, 0.2) is 35.3 Å². The Morgan fingerprint density at radius 1 is 1.24 bits per heavy atom. The molecule has 0 saturated heterocycles. The predicted molar refractivity (Wildman–Crippen MR) is 73.8 cm³/mol. The molecule has 0 atom stereocenters. The van der Waals surface area contributed by atoms with Crippen LogP contribution in [-0.4, -0.2) is 18.7 Å². The molecule has 0 aliphatic rings. The fraction of sp³-hybridized carbons (Fsp3) is 0.429. The minimum absolute atomic E-state index is 0.0934. The number of benzene rings is 1. The molecule has 0 aliphatic carbocycles. The Morgan fingerprint density at radius 2 is 1.82 bits per heavy atom. The molecular weight excluding hydrogens is 210 g/mol. The van der Waals surface area contributed by atoms with Crippen molar-refractivity contribution in [1.29, 1.82) is 5.41 Å². The van der Waals surface area contributed by atoms with Gasteiger partial charge in [0.2, 0.25) is 0 Å². The Morgan fingerprint density at radius 3 is 2.29 bits per heavy atom. The number of hydrogen-bond acceptors (Lipinski definition) is 1. The lowest BCUT2D eigenvalue weighted by Crippen LogP contribution is -2.22. The summed E-state index contributed by atoms with van der Waals surface area (Å²) in [5.74, 6) is 1.16. The van der Waals surface area contributed by atoms with Gasteiger partial charge in [-0.1, -0.05) is 51.1 Å². The first kappa shape index (κ1) is 13.4. The summed E-state index contributed by atoms with van der Waals surface area (Å²) in [5.41, 5.74) is 1.10. The van der Waals surface area contributed by atoms with Crippen LogP contribution < -0.4 is 5.32 Å². The van der Waals surface area contributed by atoms with Gasteiger partial charge in [0, 0.05) is 19.0 Å². The molecule has 3 nitrogen and oxygen atoms in total. The molecule has 2 N–H and O–H groups in total. The van der Waals surface area contributed by atoms with Crippen molar-refractivity contribution in [1.82, 2.24) is 5.32 Å². The first-order valence-corrected chi connectivity index (χ1v) is 5.82. The van der Waals surface area contributed by atoms with Crippen molar-refractivity contribution >= 4 is 11.7 Å². The van der Waals surface area contributed by atoms with Crippen LogP contribution in [0.2, 0.25) is 0 Å². The fourth-order valence-corrected chi connectivity index (χ4v) is 1.54. The SMILES string of the molecule is CN/C(=N\C(=N)CC(C)(C)C)c1ccccc1. The van der Waals surface area contributed by atoms with Crippen molar-refractivity contribution in [2.75, 3.05) is 7.05 Å². The van der Waals surface area contributed by atoms with Crippen LogP contribution in [-0.2, 0) is 0 Å². The standard InChI is InChI=1S/C14H21N3/c1-14(2,3)10-12(15)17-13(16-4)11-8-6-5-7-9-11/h5-9H,10H2,1-4H3,(H2,15,16,17).